The Morgan fingerprint density at radius 1 is 1.11 bits per heavy atom. The van der Waals surface area contributed by atoms with Gasteiger partial charge in [0.25, 0.3) is 5.91 Å². The van der Waals surface area contributed by atoms with Gasteiger partial charge in [-0.2, -0.15) is 0 Å². The molecule has 3 rings (SSSR count). The Labute approximate surface area is 167 Å². The van der Waals surface area contributed by atoms with E-state index in [0.717, 1.165) is 32.2 Å². The summed E-state index contributed by atoms with van der Waals surface area (Å²) in [6, 6.07) is 7.25. The number of rotatable bonds is 7. The summed E-state index contributed by atoms with van der Waals surface area (Å²) in [5.41, 5.74) is 1.25. The first-order valence-electron chi connectivity index (χ1n) is 10.6. The summed E-state index contributed by atoms with van der Waals surface area (Å²) in [4.78, 5) is 38.7. The SMILES string of the molecule is CCCCN1CC(C(=O)Nc2ccc(C(=O)NC3CCCCC3)cc2)CC1=O. The van der Waals surface area contributed by atoms with Crippen LogP contribution in [0.2, 0.25) is 0 Å². The minimum atomic E-state index is -0.307. The monoisotopic (exact) mass is 385 g/mol. The van der Waals surface area contributed by atoms with Crippen LogP contribution in [0, 0.1) is 5.92 Å². The van der Waals surface area contributed by atoms with Gasteiger partial charge in [-0.25, -0.2) is 0 Å². The summed E-state index contributed by atoms with van der Waals surface area (Å²) in [5.74, 6) is -0.438. The third-order valence-corrected chi connectivity index (χ3v) is 5.72. The fraction of sp³-hybridized carbons (Fsp3) is 0.591. The molecule has 2 N–H and O–H groups in total. The van der Waals surface area contributed by atoms with Crippen molar-refractivity contribution >= 4 is 23.4 Å². The van der Waals surface area contributed by atoms with Crippen molar-refractivity contribution in [1.29, 1.82) is 0 Å². The number of carbonyl (C=O) groups excluding carboxylic acids is 3. The van der Waals surface area contributed by atoms with Crippen LogP contribution in [-0.2, 0) is 9.59 Å². The largest absolute Gasteiger partial charge is 0.349 e. The predicted molar refractivity (Wildman–Crippen MR) is 109 cm³/mol. The number of amides is 3. The first-order valence-corrected chi connectivity index (χ1v) is 10.6. The van der Waals surface area contributed by atoms with Gasteiger partial charge < -0.3 is 15.5 Å². The molecule has 1 aromatic rings. The van der Waals surface area contributed by atoms with Crippen molar-refractivity contribution in [2.24, 2.45) is 5.92 Å². The van der Waals surface area contributed by atoms with Crippen molar-refractivity contribution in [2.75, 3.05) is 18.4 Å². The van der Waals surface area contributed by atoms with E-state index < -0.39 is 0 Å². The number of likely N-dealkylation sites (tertiary alicyclic amines) is 1. The molecule has 2 fully saturated rings. The highest BCUT2D eigenvalue weighted by Gasteiger charge is 2.33. The Hall–Kier alpha value is -2.37. The lowest BCUT2D eigenvalue weighted by Gasteiger charge is -2.22. The molecular formula is C22H31N3O3. The highest BCUT2D eigenvalue weighted by molar-refractivity contribution is 5.98. The lowest BCUT2D eigenvalue weighted by molar-refractivity contribution is -0.128. The summed E-state index contributed by atoms with van der Waals surface area (Å²) in [6.07, 6.45) is 7.97. The molecule has 0 spiro atoms. The fourth-order valence-electron chi connectivity index (χ4n) is 3.98. The zero-order valence-electron chi connectivity index (χ0n) is 16.7. The first-order chi connectivity index (χ1) is 13.6. The number of nitrogens with zero attached hydrogens (tertiary/aromatic N) is 1. The third kappa shape index (κ3) is 5.33. The van der Waals surface area contributed by atoms with Crippen LogP contribution in [0.4, 0.5) is 5.69 Å². The molecule has 1 unspecified atom stereocenters. The Kier molecular flexibility index (Phi) is 7.06. The second-order valence-electron chi connectivity index (χ2n) is 7.97. The Morgan fingerprint density at radius 3 is 2.50 bits per heavy atom. The van der Waals surface area contributed by atoms with E-state index in [4.69, 9.17) is 0 Å². The van der Waals surface area contributed by atoms with Gasteiger partial charge in [0.05, 0.1) is 5.92 Å². The lowest BCUT2D eigenvalue weighted by Crippen LogP contribution is -2.36. The van der Waals surface area contributed by atoms with Gasteiger partial charge in [0.2, 0.25) is 11.8 Å². The van der Waals surface area contributed by atoms with Crippen LogP contribution in [-0.4, -0.2) is 41.8 Å². The third-order valence-electron chi connectivity index (χ3n) is 5.72. The Morgan fingerprint density at radius 2 is 1.82 bits per heavy atom. The van der Waals surface area contributed by atoms with Crippen molar-refractivity contribution in [3.05, 3.63) is 29.8 Å². The molecule has 1 saturated carbocycles. The van der Waals surface area contributed by atoms with E-state index in [9.17, 15) is 14.4 Å². The Bertz CT molecular complexity index is 695. The van der Waals surface area contributed by atoms with Crippen LogP contribution in [0.1, 0.15) is 68.6 Å². The van der Waals surface area contributed by atoms with Crippen molar-refractivity contribution in [3.8, 4) is 0 Å². The summed E-state index contributed by atoms with van der Waals surface area (Å²) < 4.78 is 0. The number of benzene rings is 1. The summed E-state index contributed by atoms with van der Waals surface area (Å²) in [5, 5.41) is 5.98. The van der Waals surface area contributed by atoms with E-state index in [1.54, 1.807) is 29.2 Å². The van der Waals surface area contributed by atoms with Crippen LogP contribution in [0.15, 0.2) is 24.3 Å². The van der Waals surface area contributed by atoms with E-state index in [0.29, 0.717) is 17.8 Å². The molecule has 1 aliphatic heterocycles. The second-order valence-corrected chi connectivity index (χ2v) is 7.97. The minimum absolute atomic E-state index is 0.0577. The van der Waals surface area contributed by atoms with Gasteiger partial charge in [0.1, 0.15) is 0 Å². The van der Waals surface area contributed by atoms with Crippen LogP contribution in [0.3, 0.4) is 0 Å². The van der Waals surface area contributed by atoms with E-state index >= 15 is 0 Å². The Balaban J connectivity index is 1.50. The second kappa shape index (κ2) is 9.71. The number of hydrogen-bond donors (Lipinski definition) is 2. The van der Waals surface area contributed by atoms with Crippen molar-refractivity contribution in [3.63, 3.8) is 0 Å². The summed E-state index contributed by atoms with van der Waals surface area (Å²) >= 11 is 0. The summed E-state index contributed by atoms with van der Waals surface area (Å²) in [7, 11) is 0. The van der Waals surface area contributed by atoms with Crippen LogP contribution in [0.5, 0.6) is 0 Å². The number of nitrogens with one attached hydrogen (secondary N) is 2. The standard InChI is InChI=1S/C22H31N3O3/c1-2-3-13-25-15-17(14-20(25)26)22(28)24-19-11-9-16(10-12-19)21(27)23-18-7-5-4-6-8-18/h9-12,17-18H,2-8,13-15H2,1H3,(H,23,27)(H,24,28). The fourth-order valence-corrected chi connectivity index (χ4v) is 3.98. The number of hydrogen-bond acceptors (Lipinski definition) is 3. The van der Waals surface area contributed by atoms with E-state index in [1.165, 1.54) is 19.3 Å². The smallest absolute Gasteiger partial charge is 0.251 e. The maximum absolute atomic E-state index is 12.5. The van der Waals surface area contributed by atoms with Gasteiger partial charge in [0, 0.05) is 36.8 Å². The lowest BCUT2D eigenvalue weighted by atomic mass is 9.95. The van der Waals surface area contributed by atoms with Crippen molar-refractivity contribution in [1.82, 2.24) is 10.2 Å². The first kappa shape index (κ1) is 20.4. The predicted octanol–water partition coefficient (Wildman–Crippen LogP) is 3.34. The molecule has 2 aliphatic rings. The zero-order chi connectivity index (χ0) is 19.9. The molecule has 28 heavy (non-hydrogen) atoms. The molecule has 1 saturated heterocycles. The maximum Gasteiger partial charge on any atom is 0.251 e. The number of unbranched alkanes of at least 4 members (excludes halogenated alkanes) is 1. The van der Waals surface area contributed by atoms with Crippen LogP contribution < -0.4 is 10.6 Å². The number of anilines is 1. The molecule has 6 heteroatoms. The molecular weight excluding hydrogens is 354 g/mol. The highest BCUT2D eigenvalue weighted by atomic mass is 16.2. The molecule has 6 nitrogen and oxygen atoms in total. The molecule has 0 radical (unpaired) electrons. The van der Waals surface area contributed by atoms with Crippen LogP contribution in [0.25, 0.3) is 0 Å². The molecule has 152 valence electrons. The van der Waals surface area contributed by atoms with Gasteiger partial charge >= 0.3 is 0 Å². The van der Waals surface area contributed by atoms with Gasteiger partial charge in [0.15, 0.2) is 0 Å². The van der Waals surface area contributed by atoms with Gasteiger partial charge in [-0.3, -0.25) is 14.4 Å². The van der Waals surface area contributed by atoms with Gasteiger partial charge in [-0.05, 0) is 43.5 Å². The van der Waals surface area contributed by atoms with Crippen molar-refractivity contribution in [2.45, 2.75) is 64.3 Å². The average Bonchev–Trinajstić information content (AvgIpc) is 3.08. The summed E-state index contributed by atoms with van der Waals surface area (Å²) in [6.45, 7) is 3.31. The molecule has 1 aliphatic carbocycles. The van der Waals surface area contributed by atoms with Crippen LogP contribution >= 0.6 is 0 Å². The average molecular weight is 386 g/mol. The topological polar surface area (TPSA) is 78.5 Å². The minimum Gasteiger partial charge on any atom is -0.349 e. The molecule has 1 atom stereocenters. The highest BCUT2D eigenvalue weighted by Crippen LogP contribution is 2.21. The molecule has 0 aromatic heterocycles. The maximum atomic E-state index is 12.5. The van der Waals surface area contributed by atoms with E-state index in [1.807, 2.05) is 0 Å². The molecule has 1 heterocycles. The van der Waals surface area contributed by atoms with Crippen molar-refractivity contribution < 1.29 is 14.4 Å². The van der Waals surface area contributed by atoms with E-state index in [-0.39, 0.29) is 36.1 Å². The zero-order valence-corrected chi connectivity index (χ0v) is 16.7. The molecule has 1 aromatic carbocycles. The number of carbonyl (C=O) groups is 3. The van der Waals surface area contributed by atoms with Gasteiger partial charge in [-0.15, -0.1) is 0 Å². The van der Waals surface area contributed by atoms with Gasteiger partial charge in [-0.1, -0.05) is 32.6 Å². The molecule has 0 bridgehead atoms. The van der Waals surface area contributed by atoms with E-state index in [2.05, 4.69) is 17.6 Å². The molecule has 3 amide bonds. The quantitative estimate of drug-likeness (QED) is 0.756. The normalized spacial score (nSPS) is 20.2.